The zero-order chi connectivity index (χ0) is 14.0. The summed E-state index contributed by atoms with van der Waals surface area (Å²) in [7, 11) is -1.15. The molecule has 18 heavy (non-hydrogen) atoms. The molecule has 0 spiro atoms. The highest BCUT2D eigenvalue weighted by Gasteiger charge is 2.27. The van der Waals surface area contributed by atoms with E-state index in [2.05, 4.69) is 10.4 Å². The van der Waals surface area contributed by atoms with Gasteiger partial charge in [-0.15, -0.1) is 0 Å². The molecule has 0 aliphatic carbocycles. The van der Waals surface area contributed by atoms with Crippen molar-refractivity contribution in [3.63, 3.8) is 0 Å². The third-order valence-corrected chi connectivity index (χ3v) is 5.74. The van der Waals surface area contributed by atoms with Gasteiger partial charge < -0.3 is 5.32 Å². The number of rotatable bonds is 5. The molecular formula is C12H23N3O2S. The van der Waals surface area contributed by atoms with Crippen molar-refractivity contribution in [3.8, 4) is 0 Å². The number of hydrogen-bond acceptors (Lipinski definition) is 4. The highest BCUT2D eigenvalue weighted by molar-refractivity contribution is 7.92. The van der Waals surface area contributed by atoms with Crippen LogP contribution in [0.1, 0.15) is 32.0 Å². The molecule has 0 aromatic carbocycles. The van der Waals surface area contributed by atoms with Gasteiger partial charge in [-0.2, -0.15) is 5.10 Å². The Kier molecular flexibility index (Phi) is 4.55. The number of nitrogens with zero attached hydrogens (tertiary/aromatic N) is 2. The average Bonchev–Trinajstić information content (AvgIpc) is 2.54. The highest BCUT2D eigenvalue weighted by atomic mass is 32.2. The number of sulfone groups is 1. The molecule has 0 fully saturated rings. The molecule has 104 valence electrons. The predicted molar refractivity (Wildman–Crippen MR) is 73.2 cm³/mol. The summed E-state index contributed by atoms with van der Waals surface area (Å²) >= 11 is 0. The molecule has 0 bridgehead atoms. The van der Waals surface area contributed by atoms with E-state index in [1.165, 1.54) is 0 Å². The maximum atomic E-state index is 11.9. The van der Waals surface area contributed by atoms with Crippen LogP contribution in [0.3, 0.4) is 0 Å². The van der Waals surface area contributed by atoms with Gasteiger partial charge in [0.05, 0.1) is 16.7 Å². The van der Waals surface area contributed by atoms with Gasteiger partial charge in [-0.1, -0.05) is 0 Å². The van der Waals surface area contributed by atoms with Crippen molar-refractivity contribution in [1.29, 1.82) is 0 Å². The van der Waals surface area contributed by atoms with Gasteiger partial charge in [0.1, 0.15) is 0 Å². The maximum Gasteiger partial charge on any atom is 0.156 e. The van der Waals surface area contributed by atoms with Gasteiger partial charge in [0.2, 0.25) is 0 Å². The van der Waals surface area contributed by atoms with Crippen molar-refractivity contribution in [2.45, 2.75) is 39.0 Å². The molecule has 0 aliphatic rings. The van der Waals surface area contributed by atoms with Crippen LogP contribution in [-0.4, -0.2) is 35.2 Å². The summed E-state index contributed by atoms with van der Waals surface area (Å²) in [5, 5.41) is 7.29. The van der Waals surface area contributed by atoms with Crippen LogP contribution >= 0.6 is 0 Å². The van der Waals surface area contributed by atoms with Crippen LogP contribution in [0.5, 0.6) is 0 Å². The highest BCUT2D eigenvalue weighted by Crippen LogP contribution is 2.15. The van der Waals surface area contributed by atoms with Crippen LogP contribution in [0.15, 0.2) is 6.20 Å². The SMILES string of the molecule is Cc1c(CNCCS(=O)(=O)C(C)(C)C)cnn1C. The van der Waals surface area contributed by atoms with Crippen molar-refractivity contribution in [2.75, 3.05) is 12.3 Å². The molecule has 0 aliphatic heterocycles. The molecule has 0 saturated heterocycles. The second-order valence-electron chi connectivity index (χ2n) is 5.49. The molecule has 0 unspecified atom stereocenters. The third-order valence-electron chi connectivity index (χ3n) is 3.13. The molecule has 1 heterocycles. The summed E-state index contributed by atoms with van der Waals surface area (Å²) in [6.45, 7) is 8.30. The Morgan fingerprint density at radius 3 is 2.44 bits per heavy atom. The van der Waals surface area contributed by atoms with E-state index in [0.29, 0.717) is 13.1 Å². The van der Waals surface area contributed by atoms with Crippen LogP contribution in [0, 0.1) is 6.92 Å². The minimum atomic E-state index is -3.04. The van der Waals surface area contributed by atoms with Gasteiger partial charge in [-0.25, -0.2) is 8.42 Å². The van der Waals surface area contributed by atoms with E-state index in [4.69, 9.17) is 0 Å². The largest absolute Gasteiger partial charge is 0.312 e. The molecule has 0 atom stereocenters. The van der Waals surface area contributed by atoms with Gasteiger partial charge in [-0.3, -0.25) is 4.68 Å². The van der Waals surface area contributed by atoms with Crippen molar-refractivity contribution < 1.29 is 8.42 Å². The maximum absolute atomic E-state index is 11.9. The zero-order valence-electron chi connectivity index (χ0n) is 11.8. The van der Waals surface area contributed by atoms with E-state index >= 15 is 0 Å². The predicted octanol–water partition coefficient (Wildman–Crippen LogP) is 1.03. The number of nitrogens with one attached hydrogen (secondary N) is 1. The first-order chi connectivity index (χ1) is 8.15. The van der Waals surface area contributed by atoms with Crippen molar-refractivity contribution >= 4 is 9.84 Å². The molecule has 6 heteroatoms. The number of aryl methyl sites for hydroxylation is 1. The number of hydrogen-bond donors (Lipinski definition) is 1. The van der Waals surface area contributed by atoms with Crippen molar-refractivity contribution in [3.05, 3.63) is 17.5 Å². The van der Waals surface area contributed by atoms with Gasteiger partial charge >= 0.3 is 0 Å². The van der Waals surface area contributed by atoms with Gasteiger partial charge in [-0.05, 0) is 27.7 Å². The Balaban J connectivity index is 2.43. The normalized spacial score (nSPS) is 12.9. The topological polar surface area (TPSA) is 64.0 Å². The van der Waals surface area contributed by atoms with E-state index in [1.54, 1.807) is 27.0 Å². The first-order valence-electron chi connectivity index (χ1n) is 6.05. The molecule has 5 nitrogen and oxygen atoms in total. The second-order valence-corrected chi connectivity index (χ2v) is 8.35. The molecule has 0 saturated carbocycles. The minimum absolute atomic E-state index is 0.163. The molecule has 1 aromatic heterocycles. The average molecular weight is 273 g/mol. The summed E-state index contributed by atoms with van der Waals surface area (Å²) in [6.07, 6.45) is 1.81. The summed E-state index contributed by atoms with van der Waals surface area (Å²) in [6, 6.07) is 0. The quantitative estimate of drug-likeness (QED) is 0.814. The van der Waals surface area contributed by atoms with E-state index < -0.39 is 14.6 Å². The van der Waals surface area contributed by atoms with Crippen LogP contribution in [0.25, 0.3) is 0 Å². The molecule has 0 amide bonds. The lowest BCUT2D eigenvalue weighted by Gasteiger charge is -2.19. The van der Waals surface area contributed by atoms with Crippen LogP contribution in [0.2, 0.25) is 0 Å². The van der Waals surface area contributed by atoms with Crippen LogP contribution < -0.4 is 5.32 Å². The molecule has 1 rings (SSSR count). The smallest absolute Gasteiger partial charge is 0.156 e. The van der Waals surface area contributed by atoms with Crippen molar-refractivity contribution in [2.24, 2.45) is 7.05 Å². The zero-order valence-corrected chi connectivity index (χ0v) is 12.6. The lowest BCUT2D eigenvalue weighted by molar-refractivity contribution is 0.555. The number of aromatic nitrogens is 2. The van der Waals surface area contributed by atoms with Gasteiger partial charge in [0, 0.05) is 31.4 Å². The van der Waals surface area contributed by atoms with E-state index in [1.807, 2.05) is 18.7 Å². The fraction of sp³-hybridized carbons (Fsp3) is 0.750. The Hall–Kier alpha value is -0.880. The summed E-state index contributed by atoms with van der Waals surface area (Å²) in [5.41, 5.74) is 2.20. The summed E-state index contributed by atoms with van der Waals surface area (Å²) < 4.78 is 24.9. The molecular weight excluding hydrogens is 250 g/mol. The Morgan fingerprint density at radius 1 is 1.39 bits per heavy atom. The summed E-state index contributed by atoms with van der Waals surface area (Å²) in [5.74, 6) is 0.163. The van der Waals surface area contributed by atoms with Crippen LogP contribution in [-0.2, 0) is 23.4 Å². The van der Waals surface area contributed by atoms with Gasteiger partial charge in [0.15, 0.2) is 9.84 Å². The first kappa shape index (κ1) is 15.2. The monoisotopic (exact) mass is 273 g/mol. The standard InChI is InChI=1S/C12H23N3O2S/c1-10-11(9-14-15(10)5)8-13-6-7-18(16,17)12(2,3)4/h9,13H,6-8H2,1-5H3. The van der Waals surface area contributed by atoms with Crippen LogP contribution in [0.4, 0.5) is 0 Å². The fourth-order valence-electron chi connectivity index (χ4n) is 1.45. The Bertz CT molecular complexity index is 498. The Morgan fingerprint density at radius 2 is 2.00 bits per heavy atom. The molecule has 0 radical (unpaired) electrons. The third kappa shape index (κ3) is 3.55. The lowest BCUT2D eigenvalue weighted by atomic mass is 10.2. The van der Waals surface area contributed by atoms with Crippen molar-refractivity contribution in [1.82, 2.24) is 15.1 Å². The van der Waals surface area contributed by atoms with E-state index in [0.717, 1.165) is 11.3 Å². The molecule has 1 N–H and O–H groups in total. The first-order valence-corrected chi connectivity index (χ1v) is 7.71. The van der Waals surface area contributed by atoms with E-state index in [-0.39, 0.29) is 5.75 Å². The summed E-state index contributed by atoms with van der Waals surface area (Å²) in [4.78, 5) is 0. The molecule has 1 aromatic rings. The Labute approximate surface area is 109 Å². The van der Waals surface area contributed by atoms with Gasteiger partial charge in [0.25, 0.3) is 0 Å². The van der Waals surface area contributed by atoms with E-state index in [9.17, 15) is 8.42 Å². The second kappa shape index (κ2) is 5.40. The minimum Gasteiger partial charge on any atom is -0.312 e. The fourth-order valence-corrected chi connectivity index (χ4v) is 2.48. The lowest BCUT2D eigenvalue weighted by Crippen LogP contribution is -2.34.